The normalized spacial score (nSPS) is 11.8. The number of benzene rings is 1. The summed E-state index contributed by atoms with van der Waals surface area (Å²) in [5.41, 5.74) is 1.79. The van der Waals surface area contributed by atoms with Gasteiger partial charge in [-0.2, -0.15) is 0 Å². The molecule has 0 bridgehead atoms. The van der Waals surface area contributed by atoms with Gasteiger partial charge >= 0.3 is 5.69 Å². The van der Waals surface area contributed by atoms with Gasteiger partial charge in [-0.15, -0.1) is 5.10 Å². The van der Waals surface area contributed by atoms with Gasteiger partial charge in [0.1, 0.15) is 5.82 Å². The average molecular weight is 329 g/mol. The lowest BCUT2D eigenvalue weighted by Crippen LogP contribution is -2.20. The van der Waals surface area contributed by atoms with Crippen molar-refractivity contribution in [2.45, 2.75) is 32.6 Å². The second-order valence-corrected chi connectivity index (χ2v) is 6.75. The molecule has 3 rings (SSSR count). The molecule has 0 unspecified atom stereocenters. The second-order valence-electron chi connectivity index (χ2n) is 6.75. The standard InChI is InChI=1S/C17H20FN5O/c1-17(2,3)13-10-23-15(21-22-16(23)24)14(20-13)19-9-8-11-4-6-12(18)7-5-11/h4-7,10H,8-9H2,1-3H3,(H,19,20)(H,22,24). The fourth-order valence-corrected chi connectivity index (χ4v) is 2.37. The number of rotatable bonds is 4. The number of hydrogen-bond donors (Lipinski definition) is 2. The van der Waals surface area contributed by atoms with Crippen LogP contribution in [0.1, 0.15) is 32.0 Å². The number of fused-ring (bicyclic) bond motifs is 1. The van der Waals surface area contributed by atoms with Crippen LogP contribution in [0.4, 0.5) is 10.2 Å². The van der Waals surface area contributed by atoms with E-state index in [2.05, 4.69) is 20.5 Å². The smallest absolute Gasteiger partial charge is 0.347 e. The molecular formula is C17H20FN5O. The molecule has 1 aromatic carbocycles. The monoisotopic (exact) mass is 329 g/mol. The molecule has 7 heteroatoms. The Labute approximate surface area is 138 Å². The number of anilines is 1. The van der Waals surface area contributed by atoms with Crippen LogP contribution >= 0.6 is 0 Å². The van der Waals surface area contributed by atoms with Crippen LogP contribution in [-0.4, -0.2) is 26.1 Å². The van der Waals surface area contributed by atoms with Gasteiger partial charge in [0.15, 0.2) is 5.82 Å². The topological polar surface area (TPSA) is 75.1 Å². The minimum Gasteiger partial charge on any atom is -0.367 e. The minimum absolute atomic E-state index is 0.196. The lowest BCUT2D eigenvalue weighted by Gasteiger charge is -2.19. The summed E-state index contributed by atoms with van der Waals surface area (Å²) in [4.78, 5) is 16.5. The molecule has 2 N–H and O–H groups in total. The highest BCUT2D eigenvalue weighted by molar-refractivity contribution is 5.62. The predicted molar refractivity (Wildman–Crippen MR) is 90.9 cm³/mol. The van der Waals surface area contributed by atoms with Crippen LogP contribution in [0.25, 0.3) is 5.65 Å². The van der Waals surface area contributed by atoms with Gasteiger partial charge in [-0.3, -0.25) is 0 Å². The summed E-state index contributed by atoms with van der Waals surface area (Å²) >= 11 is 0. The number of aromatic amines is 1. The van der Waals surface area contributed by atoms with E-state index in [1.54, 1.807) is 18.3 Å². The minimum atomic E-state index is -0.292. The van der Waals surface area contributed by atoms with Gasteiger partial charge in [0.05, 0.1) is 5.69 Å². The molecule has 0 amide bonds. The van der Waals surface area contributed by atoms with E-state index in [9.17, 15) is 9.18 Å². The summed E-state index contributed by atoms with van der Waals surface area (Å²) in [6, 6.07) is 6.40. The number of aromatic nitrogens is 4. The van der Waals surface area contributed by atoms with Crippen LogP contribution in [0.2, 0.25) is 0 Å². The first-order chi connectivity index (χ1) is 11.3. The fraction of sp³-hybridized carbons (Fsp3) is 0.353. The van der Waals surface area contributed by atoms with Gasteiger partial charge in [0, 0.05) is 18.2 Å². The molecule has 2 heterocycles. The Balaban J connectivity index is 1.85. The highest BCUT2D eigenvalue weighted by atomic mass is 19.1. The summed E-state index contributed by atoms with van der Waals surface area (Å²) in [5.74, 6) is 0.312. The van der Waals surface area contributed by atoms with E-state index >= 15 is 0 Å². The van der Waals surface area contributed by atoms with Gasteiger partial charge < -0.3 is 5.32 Å². The summed E-state index contributed by atoms with van der Waals surface area (Å²) in [6.07, 6.45) is 2.43. The SMILES string of the molecule is CC(C)(C)c1cn2c(=O)[nH]nc2c(NCCc2ccc(F)cc2)n1. The Morgan fingerprint density at radius 1 is 1.25 bits per heavy atom. The van der Waals surface area contributed by atoms with Crippen LogP contribution in [0, 0.1) is 5.82 Å². The van der Waals surface area contributed by atoms with Gasteiger partial charge in [-0.05, 0) is 24.1 Å². The first-order valence-corrected chi connectivity index (χ1v) is 7.81. The first-order valence-electron chi connectivity index (χ1n) is 7.81. The van der Waals surface area contributed by atoms with Crippen molar-refractivity contribution >= 4 is 11.5 Å². The maximum atomic E-state index is 12.9. The highest BCUT2D eigenvalue weighted by Gasteiger charge is 2.19. The zero-order valence-corrected chi connectivity index (χ0v) is 13.9. The zero-order valence-electron chi connectivity index (χ0n) is 13.9. The molecule has 0 atom stereocenters. The Hall–Kier alpha value is -2.70. The zero-order chi connectivity index (χ0) is 17.3. The molecule has 0 radical (unpaired) electrons. The van der Waals surface area contributed by atoms with Crippen LogP contribution in [0.15, 0.2) is 35.3 Å². The fourth-order valence-electron chi connectivity index (χ4n) is 2.37. The second kappa shape index (κ2) is 6.07. The molecule has 0 aliphatic heterocycles. The van der Waals surface area contributed by atoms with E-state index in [0.717, 1.165) is 11.3 Å². The van der Waals surface area contributed by atoms with Crippen molar-refractivity contribution in [2.75, 3.05) is 11.9 Å². The molecule has 3 aromatic rings. The largest absolute Gasteiger partial charge is 0.367 e. The quantitative estimate of drug-likeness (QED) is 0.771. The average Bonchev–Trinajstić information content (AvgIpc) is 2.90. The van der Waals surface area contributed by atoms with Crippen LogP contribution < -0.4 is 11.0 Å². The maximum Gasteiger partial charge on any atom is 0.347 e. The van der Waals surface area contributed by atoms with Crippen molar-refractivity contribution in [1.82, 2.24) is 19.6 Å². The lowest BCUT2D eigenvalue weighted by atomic mass is 9.93. The number of halogens is 1. The van der Waals surface area contributed by atoms with Crippen molar-refractivity contribution < 1.29 is 4.39 Å². The van der Waals surface area contributed by atoms with E-state index < -0.39 is 0 Å². The van der Waals surface area contributed by atoms with E-state index in [1.807, 2.05) is 20.8 Å². The molecule has 126 valence electrons. The third kappa shape index (κ3) is 3.29. The Morgan fingerprint density at radius 3 is 2.62 bits per heavy atom. The van der Waals surface area contributed by atoms with Crippen LogP contribution in [-0.2, 0) is 11.8 Å². The third-order valence-corrected chi connectivity index (χ3v) is 3.79. The third-order valence-electron chi connectivity index (χ3n) is 3.79. The summed E-state index contributed by atoms with van der Waals surface area (Å²) in [5, 5.41) is 9.70. The Kier molecular flexibility index (Phi) is 4.09. The van der Waals surface area contributed by atoms with E-state index in [4.69, 9.17) is 0 Å². The molecule has 0 saturated carbocycles. The Bertz CT molecular complexity index is 905. The molecule has 6 nitrogen and oxygen atoms in total. The molecule has 2 aromatic heterocycles. The van der Waals surface area contributed by atoms with Crippen molar-refractivity contribution in [3.8, 4) is 0 Å². The van der Waals surface area contributed by atoms with Crippen LogP contribution in [0.5, 0.6) is 0 Å². The van der Waals surface area contributed by atoms with E-state index in [1.165, 1.54) is 16.5 Å². The molecule has 0 spiro atoms. The molecule has 0 fully saturated rings. The maximum absolute atomic E-state index is 12.9. The van der Waals surface area contributed by atoms with Crippen molar-refractivity contribution in [2.24, 2.45) is 0 Å². The van der Waals surface area contributed by atoms with Gasteiger partial charge in [0.2, 0.25) is 5.65 Å². The highest BCUT2D eigenvalue weighted by Crippen LogP contribution is 2.22. The Morgan fingerprint density at radius 2 is 1.96 bits per heavy atom. The van der Waals surface area contributed by atoms with E-state index in [0.29, 0.717) is 24.4 Å². The summed E-state index contributed by atoms with van der Waals surface area (Å²) < 4.78 is 14.4. The molecule has 0 saturated heterocycles. The van der Waals surface area contributed by atoms with E-state index in [-0.39, 0.29) is 16.9 Å². The summed E-state index contributed by atoms with van der Waals surface area (Å²) in [6.45, 7) is 6.71. The van der Waals surface area contributed by atoms with Crippen LogP contribution in [0.3, 0.4) is 0 Å². The number of nitrogens with one attached hydrogen (secondary N) is 2. The number of hydrogen-bond acceptors (Lipinski definition) is 4. The number of H-pyrrole nitrogens is 1. The molecular weight excluding hydrogens is 309 g/mol. The van der Waals surface area contributed by atoms with Crippen molar-refractivity contribution in [3.63, 3.8) is 0 Å². The van der Waals surface area contributed by atoms with Gasteiger partial charge in [-0.25, -0.2) is 23.7 Å². The summed E-state index contributed by atoms with van der Waals surface area (Å²) in [7, 11) is 0. The van der Waals surface area contributed by atoms with Gasteiger partial charge in [0.25, 0.3) is 0 Å². The van der Waals surface area contributed by atoms with Crippen molar-refractivity contribution in [1.29, 1.82) is 0 Å². The number of nitrogens with zero attached hydrogens (tertiary/aromatic N) is 3. The molecule has 0 aliphatic carbocycles. The molecule has 0 aliphatic rings. The van der Waals surface area contributed by atoms with Crippen molar-refractivity contribution in [3.05, 3.63) is 58.0 Å². The predicted octanol–water partition coefficient (Wildman–Crippen LogP) is 2.51. The lowest BCUT2D eigenvalue weighted by molar-refractivity contribution is 0.565. The van der Waals surface area contributed by atoms with Gasteiger partial charge in [-0.1, -0.05) is 32.9 Å². The molecule has 24 heavy (non-hydrogen) atoms. The first kappa shape index (κ1) is 16.2.